The van der Waals surface area contributed by atoms with Crippen LogP contribution in [0.4, 0.5) is 5.69 Å². The maximum Gasteiger partial charge on any atom is 0.308 e. The van der Waals surface area contributed by atoms with E-state index in [9.17, 15) is 14.7 Å². The minimum Gasteiger partial charge on any atom is -0.481 e. The van der Waals surface area contributed by atoms with E-state index in [0.717, 1.165) is 11.3 Å². The van der Waals surface area contributed by atoms with Crippen molar-refractivity contribution in [3.8, 4) is 0 Å². The van der Waals surface area contributed by atoms with Crippen LogP contribution in [0.2, 0.25) is 0 Å². The van der Waals surface area contributed by atoms with Crippen molar-refractivity contribution >= 4 is 17.6 Å². The molecular weight excluding hydrogens is 246 g/mol. The van der Waals surface area contributed by atoms with Crippen molar-refractivity contribution in [3.63, 3.8) is 0 Å². The number of carbonyl (C=O) groups excluding carboxylic acids is 1. The third kappa shape index (κ3) is 2.93. The molecule has 0 spiro atoms. The average molecular weight is 263 g/mol. The molecule has 1 atom stereocenters. The second-order valence-electron chi connectivity index (χ2n) is 4.51. The molecule has 1 aliphatic rings. The molecule has 5 nitrogen and oxygen atoms in total. The van der Waals surface area contributed by atoms with Gasteiger partial charge in [0.2, 0.25) is 0 Å². The summed E-state index contributed by atoms with van der Waals surface area (Å²) in [6.45, 7) is 2.47. The van der Waals surface area contributed by atoms with Crippen LogP contribution in [0.5, 0.6) is 0 Å². The number of benzene rings is 1. The van der Waals surface area contributed by atoms with Crippen molar-refractivity contribution in [2.45, 2.75) is 13.3 Å². The van der Waals surface area contributed by atoms with E-state index in [0.29, 0.717) is 13.0 Å². The molecule has 5 heteroatoms. The predicted octanol–water partition coefficient (Wildman–Crippen LogP) is 1.31. The van der Waals surface area contributed by atoms with Gasteiger partial charge >= 0.3 is 5.97 Å². The number of ether oxygens (including phenoxy) is 1. The van der Waals surface area contributed by atoms with Crippen molar-refractivity contribution < 1.29 is 19.4 Å². The molecule has 0 radical (unpaired) electrons. The zero-order valence-corrected chi connectivity index (χ0v) is 10.8. The van der Waals surface area contributed by atoms with E-state index >= 15 is 0 Å². The molecule has 1 aromatic carbocycles. The molecule has 1 aliphatic heterocycles. The summed E-state index contributed by atoms with van der Waals surface area (Å²) >= 11 is 0. The molecule has 1 N–H and O–H groups in total. The quantitative estimate of drug-likeness (QED) is 0.889. The number of para-hydroxylation sites is 1. The van der Waals surface area contributed by atoms with Crippen LogP contribution in [-0.4, -0.2) is 36.7 Å². The van der Waals surface area contributed by atoms with Gasteiger partial charge in [0.15, 0.2) is 0 Å². The van der Waals surface area contributed by atoms with Gasteiger partial charge in [-0.2, -0.15) is 0 Å². The van der Waals surface area contributed by atoms with E-state index in [-0.39, 0.29) is 19.1 Å². The second-order valence-corrected chi connectivity index (χ2v) is 4.51. The van der Waals surface area contributed by atoms with E-state index < -0.39 is 11.9 Å². The molecule has 0 bridgehead atoms. The first kappa shape index (κ1) is 13.5. The van der Waals surface area contributed by atoms with Gasteiger partial charge in [-0.1, -0.05) is 18.2 Å². The number of rotatable bonds is 4. The number of hydrogen-bond acceptors (Lipinski definition) is 3. The summed E-state index contributed by atoms with van der Waals surface area (Å²) in [4.78, 5) is 24.8. The number of amides is 1. The van der Waals surface area contributed by atoms with Crippen molar-refractivity contribution in [1.29, 1.82) is 0 Å². The molecule has 0 saturated heterocycles. The summed E-state index contributed by atoms with van der Waals surface area (Å²) in [6.07, 6.45) is 0.462. The van der Waals surface area contributed by atoms with Crippen LogP contribution in [0.1, 0.15) is 12.5 Å². The highest BCUT2D eigenvalue weighted by atomic mass is 16.5. The molecule has 0 fully saturated rings. The number of carboxylic acids is 1. The molecule has 0 saturated carbocycles. The van der Waals surface area contributed by atoms with Crippen molar-refractivity contribution in [2.24, 2.45) is 5.92 Å². The standard InChI is InChI=1S/C14H17NO4/c1-2-19-9-13(16)15-8-11(14(17)18)7-10-5-3-4-6-12(10)15/h3-6,11H,2,7-9H2,1H3,(H,17,18). The summed E-state index contributed by atoms with van der Waals surface area (Å²) in [5.74, 6) is -1.62. The zero-order chi connectivity index (χ0) is 13.8. The highest BCUT2D eigenvalue weighted by molar-refractivity contribution is 5.96. The van der Waals surface area contributed by atoms with E-state index in [1.165, 1.54) is 4.90 Å². The summed E-state index contributed by atoms with van der Waals surface area (Å²) in [5.41, 5.74) is 1.69. The topological polar surface area (TPSA) is 66.8 Å². The maximum atomic E-state index is 12.1. The SMILES string of the molecule is CCOCC(=O)N1CC(C(=O)O)Cc2ccccc21. The lowest BCUT2D eigenvalue weighted by molar-refractivity contribution is -0.141. The van der Waals surface area contributed by atoms with E-state index in [2.05, 4.69) is 0 Å². The fourth-order valence-corrected chi connectivity index (χ4v) is 2.26. The Bertz CT molecular complexity index is 486. The Hall–Kier alpha value is -1.88. The Morgan fingerprint density at radius 2 is 2.16 bits per heavy atom. The second kappa shape index (κ2) is 5.84. The fourth-order valence-electron chi connectivity index (χ4n) is 2.26. The smallest absolute Gasteiger partial charge is 0.308 e. The molecule has 0 aliphatic carbocycles. The van der Waals surface area contributed by atoms with Gasteiger partial charge in [-0.15, -0.1) is 0 Å². The van der Waals surface area contributed by atoms with Crippen LogP contribution < -0.4 is 4.90 Å². The molecular formula is C14H17NO4. The summed E-state index contributed by atoms with van der Waals surface area (Å²) in [6, 6.07) is 7.41. The van der Waals surface area contributed by atoms with Crippen LogP contribution in [0.3, 0.4) is 0 Å². The Balaban J connectivity index is 2.26. The Morgan fingerprint density at radius 1 is 1.42 bits per heavy atom. The van der Waals surface area contributed by atoms with Crippen LogP contribution in [-0.2, 0) is 20.7 Å². The van der Waals surface area contributed by atoms with Crippen LogP contribution in [0.25, 0.3) is 0 Å². The van der Waals surface area contributed by atoms with Gasteiger partial charge in [0, 0.05) is 18.8 Å². The monoisotopic (exact) mass is 263 g/mol. The molecule has 1 aromatic rings. The highest BCUT2D eigenvalue weighted by Crippen LogP contribution is 2.29. The molecule has 1 unspecified atom stereocenters. The predicted molar refractivity (Wildman–Crippen MR) is 70.1 cm³/mol. The lowest BCUT2D eigenvalue weighted by Gasteiger charge is -2.32. The summed E-state index contributed by atoms with van der Waals surface area (Å²) in [5, 5.41) is 9.17. The number of carboxylic acid groups (broad SMARTS) is 1. The Morgan fingerprint density at radius 3 is 2.84 bits per heavy atom. The first-order valence-electron chi connectivity index (χ1n) is 6.32. The minimum absolute atomic E-state index is 0.0167. The maximum absolute atomic E-state index is 12.1. The van der Waals surface area contributed by atoms with Gasteiger partial charge in [0.25, 0.3) is 5.91 Å². The fraction of sp³-hybridized carbons (Fsp3) is 0.429. The van der Waals surface area contributed by atoms with Crippen LogP contribution in [0.15, 0.2) is 24.3 Å². The Kier molecular flexibility index (Phi) is 4.16. The van der Waals surface area contributed by atoms with Crippen LogP contribution >= 0.6 is 0 Å². The number of carbonyl (C=O) groups is 2. The molecule has 1 heterocycles. The number of anilines is 1. The van der Waals surface area contributed by atoms with Crippen molar-refractivity contribution in [1.82, 2.24) is 0 Å². The first-order valence-corrected chi connectivity index (χ1v) is 6.32. The normalized spacial score (nSPS) is 17.9. The number of fused-ring (bicyclic) bond motifs is 1. The minimum atomic E-state index is -0.872. The van der Waals surface area contributed by atoms with Crippen LogP contribution in [0, 0.1) is 5.92 Å². The zero-order valence-electron chi connectivity index (χ0n) is 10.8. The molecule has 2 rings (SSSR count). The largest absolute Gasteiger partial charge is 0.481 e. The van der Waals surface area contributed by atoms with E-state index in [1.54, 1.807) is 0 Å². The first-order chi connectivity index (χ1) is 9.13. The van der Waals surface area contributed by atoms with Crippen molar-refractivity contribution in [3.05, 3.63) is 29.8 Å². The third-order valence-electron chi connectivity index (χ3n) is 3.23. The van der Waals surface area contributed by atoms with E-state index in [1.807, 2.05) is 31.2 Å². The molecule has 19 heavy (non-hydrogen) atoms. The summed E-state index contributed by atoms with van der Waals surface area (Å²) < 4.78 is 5.12. The lowest BCUT2D eigenvalue weighted by atomic mass is 9.92. The van der Waals surface area contributed by atoms with Gasteiger partial charge in [-0.3, -0.25) is 9.59 Å². The molecule has 102 valence electrons. The average Bonchev–Trinajstić information content (AvgIpc) is 2.43. The summed E-state index contributed by atoms with van der Waals surface area (Å²) in [7, 11) is 0. The van der Waals surface area contributed by atoms with E-state index in [4.69, 9.17) is 4.74 Å². The van der Waals surface area contributed by atoms with Gasteiger partial charge in [-0.25, -0.2) is 0 Å². The number of aliphatic carboxylic acids is 1. The third-order valence-corrected chi connectivity index (χ3v) is 3.23. The van der Waals surface area contributed by atoms with Crippen molar-refractivity contribution in [2.75, 3.05) is 24.7 Å². The number of nitrogens with zero attached hydrogens (tertiary/aromatic N) is 1. The van der Waals surface area contributed by atoms with Gasteiger partial charge in [0.1, 0.15) is 6.61 Å². The molecule has 0 aromatic heterocycles. The van der Waals surface area contributed by atoms with Gasteiger partial charge in [0.05, 0.1) is 5.92 Å². The van der Waals surface area contributed by atoms with Gasteiger partial charge < -0.3 is 14.7 Å². The number of hydrogen-bond donors (Lipinski definition) is 1. The Labute approximate surface area is 111 Å². The highest BCUT2D eigenvalue weighted by Gasteiger charge is 2.31. The molecule has 1 amide bonds. The lowest BCUT2D eigenvalue weighted by Crippen LogP contribution is -2.44. The van der Waals surface area contributed by atoms with Gasteiger partial charge in [-0.05, 0) is 25.0 Å².